The van der Waals surface area contributed by atoms with Crippen molar-refractivity contribution in [3.8, 4) is 6.07 Å². The van der Waals surface area contributed by atoms with Gasteiger partial charge in [-0.2, -0.15) is 5.26 Å². The van der Waals surface area contributed by atoms with Gasteiger partial charge in [0.25, 0.3) is 0 Å². The predicted molar refractivity (Wildman–Crippen MR) is 74.4 cm³/mol. The smallest absolute Gasteiger partial charge is 0.136 e. The van der Waals surface area contributed by atoms with Gasteiger partial charge in [0.05, 0.1) is 6.07 Å². The Kier molecular flexibility index (Phi) is 3.70. The lowest BCUT2D eigenvalue weighted by Crippen LogP contribution is -2.43. The number of nitriles is 1. The molecule has 0 saturated heterocycles. The van der Waals surface area contributed by atoms with Gasteiger partial charge in [-0.25, -0.2) is 8.78 Å². The van der Waals surface area contributed by atoms with Crippen molar-refractivity contribution >= 4 is 11.8 Å². The van der Waals surface area contributed by atoms with Crippen LogP contribution >= 0.6 is 11.8 Å². The van der Waals surface area contributed by atoms with E-state index in [0.717, 1.165) is 37.8 Å². The zero-order valence-electron chi connectivity index (χ0n) is 11.0. The highest BCUT2D eigenvalue weighted by atomic mass is 32.2. The quantitative estimate of drug-likeness (QED) is 0.921. The lowest BCUT2D eigenvalue weighted by molar-refractivity contribution is 0.420. The number of nitrogens with one attached hydrogen (secondary N) is 1. The van der Waals surface area contributed by atoms with Crippen molar-refractivity contribution in [1.29, 1.82) is 5.26 Å². The molecule has 2 unspecified atom stereocenters. The van der Waals surface area contributed by atoms with Crippen molar-refractivity contribution in [1.82, 2.24) is 5.32 Å². The summed E-state index contributed by atoms with van der Waals surface area (Å²) in [7, 11) is 0. The molecule has 0 spiro atoms. The molecule has 5 heteroatoms. The van der Waals surface area contributed by atoms with Gasteiger partial charge < -0.3 is 0 Å². The third-order valence-corrected chi connectivity index (χ3v) is 5.23. The Morgan fingerprint density at radius 2 is 2.10 bits per heavy atom. The lowest BCUT2D eigenvalue weighted by Gasteiger charge is -2.22. The highest BCUT2D eigenvalue weighted by Gasteiger charge is 2.43. The van der Waals surface area contributed by atoms with E-state index >= 15 is 0 Å². The van der Waals surface area contributed by atoms with Gasteiger partial charge in [-0.1, -0.05) is 0 Å². The molecule has 2 saturated carbocycles. The van der Waals surface area contributed by atoms with Crippen molar-refractivity contribution in [3.05, 3.63) is 29.8 Å². The fourth-order valence-corrected chi connectivity index (χ4v) is 4.06. The Morgan fingerprint density at radius 1 is 1.30 bits per heavy atom. The third kappa shape index (κ3) is 2.97. The van der Waals surface area contributed by atoms with Crippen LogP contribution in [0.15, 0.2) is 23.1 Å². The first-order valence-corrected chi connectivity index (χ1v) is 7.79. The molecule has 0 amide bonds. The zero-order valence-corrected chi connectivity index (χ0v) is 11.9. The monoisotopic (exact) mass is 294 g/mol. The summed E-state index contributed by atoms with van der Waals surface area (Å²) in [6, 6.07) is 6.40. The molecule has 20 heavy (non-hydrogen) atoms. The van der Waals surface area contributed by atoms with Gasteiger partial charge >= 0.3 is 0 Å². The molecule has 106 valence electrons. The Hall–Kier alpha value is -1.12. The number of benzene rings is 1. The minimum atomic E-state index is -0.470. The molecule has 1 aromatic carbocycles. The fraction of sp³-hybridized carbons (Fsp3) is 0.533. The molecule has 0 aliphatic heterocycles. The summed E-state index contributed by atoms with van der Waals surface area (Å²) in [5.41, 5.74) is -0.470. The van der Waals surface area contributed by atoms with Crippen LogP contribution in [0.1, 0.15) is 32.1 Å². The van der Waals surface area contributed by atoms with E-state index in [1.807, 2.05) is 0 Å². The van der Waals surface area contributed by atoms with Crippen LogP contribution in [0.4, 0.5) is 8.78 Å². The second kappa shape index (κ2) is 5.34. The first-order chi connectivity index (χ1) is 9.60. The highest BCUT2D eigenvalue weighted by molar-refractivity contribution is 8.00. The van der Waals surface area contributed by atoms with Gasteiger partial charge in [0.2, 0.25) is 0 Å². The van der Waals surface area contributed by atoms with Crippen LogP contribution in [0, 0.1) is 23.0 Å². The Labute approximate surface area is 121 Å². The minimum Gasteiger partial charge on any atom is -0.297 e. The van der Waals surface area contributed by atoms with E-state index in [1.165, 1.54) is 17.8 Å². The van der Waals surface area contributed by atoms with Crippen molar-refractivity contribution in [2.24, 2.45) is 0 Å². The Bertz CT molecular complexity index is 553. The summed E-state index contributed by atoms with van der Waals surface area (Å²) in [6.07, 6.45) is 4.61. The van der Waals surface area contributed by atoms with Crippen molar-refractivity contribution < 1.29 is 8.78 Å². The molecule has 2 fully saturated rings. The molecule has 0 bridgehead atoms. The highest BCUT2D eigenvalue weighted by Crippen LogP contribution is 2.42. The summed E-state index contributed by atoms with van der Waals surface area (Å²) >= 11 is 1.35. The Morgan fingerprint density at radius 3 is 2.80 bits per heavy atom. The van der Waals surface area contributed by atoms with Crippen LogP contribution in [0.25, 0.3) is 0 Å². The van der Waals surface area contributed by atoms with Crippen LogP contribution in [-0.2, 0) is 0 Å². The number of thioether (sulfide) groups is 1. The summed E-state index contributed by atoms with van der Waals surface area (Å²) in [5.74, 6) is -0.810. The largest absolute Gasteiger partial charge is 0.297 e. The molecule has 3 rings (SSSR count). The Balaban J connectivity index is 1.67. The van der Waals surface area contributed by atoms with Gasteiger partial charge in [-0.3, -0.25) is 5.32 Å². The number of nitrogens with zero attached hydrogens (tertiary/aromatic N) is 1. The summed E-state index contributed by atoms with van der Waals surface area (Å²) < 4.78 is 26.8. The summed E-state index contributed by atoms with van der Waals surface area (Å²) in [6.45, 7) is 0. The molecule has 0 aromatic heterocycles. The maximum Gasteiger partial charge on any atom is 0.136 e. The summed E-state index contributed by atoms with van der Waals surface area (Å²) in [4.78, 5) is 0.343. The van der Waals surface area contributed by atoms with E-state index in [-0.39, 0.29) is 11.1 Å². The van der Waals surface area contributed by atoms with Gasteiger partial charge in [0, 0.05) is 16.2 Å². The first kappa shape index (κ1) is 13.8. The van der Waals surface area contributed by atoms with Gasteiger partial charge in [-0.15, -0.1) is 11.8 Å². The van der Waals surface area contributed by atoms with Crippen LogP contribution in [0.3, 0.4) is 0 Å². The maximum absolute atomic E-state index is 13.6. The second-order valence-electron chi connectivity index (χ2n) is 5.67. The molecule has 2 aliphatic carbocycles. The molecule has 2 atom stereocenters. The molecule has 2 aliphatic rings. The van der Waals surface area contributed by atoms with E-state index in [0.29, 0.717) is 17.4 Å². The molecule has 0 heterocycles. The minimum absolute atomic E-state index is 0.164. The van der Waals surface area contributed by atoms with Crippen molar-refractivity contribution in [2.75, 3.05) is 0 Å². The molecule has 0 radical (unpaired) electrons. The standard InChI is InChI=1S/C15H16F2N2S/c16-10-1-4-13(17)14(7-10)20-12-5-6-15(8-12,9-18)19-11-2-3-11/h1,4,7,11-12,19H,2-3,5-6,8H2. The molecule has 1 aromatic rings. The van der Waals surface area contributed by atoms with Crippen LogP contribution in [-0.4, -0.2) is 16.8 Å². The summed E-state index contributed by atoms with van der Waals surface area (Å²) in [5, 5.41) is 13.0. The lowest BCUT2D eigenvalue weighted by atomic mass is 10.00. The fourth-order valence-electron chi connectivity index (χ4n) is 2.73. The van der Waals surface area contributed by atoms with Crippen LogP contribution in [0.5, 0.6) is 0 Å². The van der Waals surface area contributed by atoms with E-state index in [1.54, 1.807) is 0 Å². The normalized spacial score (nSPS) is 29.4. The molecular weight excluding hydrogens is 278 g/mol. The number of hydrogen-bond acceptors (Lipinski definition) is 3. The van der Waals surface area contributed by atoms with Crippen LogP contribution < -0.4 is 5.32 Å². The van der Waals surface area contributed by atoms with Crippen molar-refractivity contribution in [3.63, 3.8) is 0 Å². The SMILES string of the molecule is N#CC1(NC2CC2)CCC(Sc2cc(F)ccc2F)C1. The third-order valence-electron chi connectivity index (χ3n) is 3.93. The zero-order chi connectivity index (χ0) is 14.2. The average molecular weight is 294 g/mol. The second-order valence-corrected chi connectivity index (χ2v) is 7.01. The van der Waals surface area contributed by atoms with E-state index in [2.05, 4.69) is 11.4 Å². The number of rotatable bonds is 4. The topological polar surface area (TPSA) is 35.8 Å². The van der Waals surface area contributed by atoms with E-state index < -0.39 is 11.4 Å². The van der Waals surface area contributed by atoms with Crippen LogP contribution in [0.2, 0.25) is 0 Å². The van der Waals surface area contributed by atoms with Crippen molar-refractivity contribution in [2.45, 2.75) is 53.8 Å². The van der Waals surface area contributed by atoms with Gasteiger partial charge in [0.15, 0.2) is 0 Å². The van der Waals surface area contributed by atoms with E-state index in [4.69, 9.17) is 0 Å². The molecule has 2 nitrogen and oxygen atoms in total. The maximum atomic E-state index is 13.6. The number of hydrogen-bond donors (Lipinski definition) is 1. The first-order valence-electron chi connectivity index (χ1n) is 6.91. The average Bonchev–Trinajstić information content (AvgIpc) is 3.14. The number of halogens is 2. The molecular formula is C15H16F2N2S. The van der Waals surface area contributed by atoms with Gasteiger partial charge in [-0.05, 0) is 50.3 Å². The predicted octanol–water partition coefficient (Wildman–Crippen LogP) is 3.62. The van der Waals surface area contributed by atoms with Gasteiger partial charge in [0.1, 0.15) is 17.2 Å². The molecule has 1 N–H and O–H groups in total. The van der Waals surface area contributed by atoms with E-state index in [9.17, 15) is 14.0 Å².